The summed E-state index contributed by atoms with van der Waals surface area (Å²) in [6.45, 7) is 0. The molecule has 0 aliphatic heterocycles. The van der Waals surface area contributed by atoms with E-state index in [0.717, 1.165) is 0 Å². The van der Waals surface area contributed by atoms with Crippen LogP contribution in [0.2, 0.25) is 0 Å². The van der Waals surface area contributed by atoms with E-state index in [9.17, 15) is 14.7 Å². The van der Waals surface area contributed by atoms with Gasteiger partial charge in [0.15, 0.2) is 5.69 Å². The fourth-order valence-corrected chi connectivity index (χ4v) is 2.21. The fraction of sp³-hybridized carbons (Fsp3) is 0.0625. The summed E-state index contributed by atoms with van der Waals surface area (Å²) in [7, 11) is 1.49. The Morgan fingerprint density at radius 3 is 2.54 bits per heavy atom. The van der Waals surface area contributed by atoms with Gasteiger partial charge < -0.3 is 15.6 Å². The minimum absolute atomic E-state index is 0. The molecule has 3 N–H and O–H groups in total. The summed E-state index contributed by atoms with van der Waals surface area (Å²) < 4.78 is 6.38. The molecule has 0 saturated carbocycles. The molecular formula is C16H14LiN5O4. The first-order valence-electron chi connectivity index (χ1n) is 7.09. The molecule has 0 saturated heterocycles. The predicted octanol–water partition coefficient (Wildman–Crippen LogP) is 0.486. The molecular weight excluding hydrogens is 333 g/mol. The van der Waals surface area contributed by atoms with Crippen LogP contribution in [0, 0.1) is 0 Å². The number of methoxy groups -OCH3 is 1. The third kappa shape index (κ3) is 3.74. The van der Waals surface area contributed by atoms with Gasteiger partial charge in [0.2, 0.25) is 11.8 Å². The van der Waals surface area contributed by atoms with Crippen LogP contribution in [0.25, 0.3) is 17.1 Å². The van der Waals surface area contributed by atoms with E-state index in [0.29, 0.717) is 23.0 Å². The summed E-state index contributed by atoms with van der Waals surface area (Å²) in [6.07, 6.45) is 2.90. The van der Waals surface area contributed by atoms with Gasteiger partial charge in [0, 0.05) is 23.9 Å². The van der Waals surface area contributed by atoms with E-state index in [1.165, 1.54) is 42.4 Å². The first kappa shape index (κ1) is 19.2. The number of hydrogen-bond donors (Lipinski definition) is 2. The Labute approximate surface area is 160 Å². The van der Waals surface area contributed by atoms with Gasteiger partial charge in [-0.1, -0.05) is 0 Å². The van der Waals surface area contributed by atoms with Gasteiger partial charge in [-0.25, -0.2) is 14.5 Å². The summed E-state index contributed by atoms with van der Waals surface area (Å²) in [5, 5.41) is 13.3. The number of primary amides is 1. The number of ether oxygens (including phenoxy) is 1. The van der Waals surface area contributed by atoms with Crippen molar-refractivity contribution in [3.05, 3.63) is 54.0 Å². The topological polar surface area (TPSA) is 133 Å². The third-order valence-corrected chi connectivity index (χ3v) is 3.41. The molecule has 0 atom stereocenters. The summed E-state index contributed by atoms with van der Waals surface area (Å²) in [4.78, 5) is 30.9. The molecule has 1 amide bonds. The second-order valence-electron chi connectivity index (χ2n) is 4.98. The van der Waals surface area contributed by atoms with Crippen molar-refractivity contribution >= 4 is 30.7 Å². The molecule has 128 valence electrons. The molecule has 0 fully saturated rings. The monoisotopic (exact) mass is 347 g/mol. The van der Waals surface area contributed by atoms with Crippen LogP contribution in [-0.4, -0.2) is 62.7 Å². The molecule has 0 bridgehead atoms. The number of rotatable bonds is 5. The molecule has 0 spiro atoms. The quantitative estimate of drug-likeness (QED) is 0.641. The molecule has 0 unspecified atom stereocenters. The van der Waals surface area contributed by atoms with Crippen molar-refractivity contribution < 1.29 is 19.4 Å². The Balaban J connectivity index is 0.00000243. The second-order valence-corrected chi connectivity index (χ2v) is 4.98. The third-order valence-electron chi connectivity index (χ3n) is 3.41. The van der Waals surface area contributed by atoms with E-state index in [4.69, 9.17) is 10.5 Å². The van der Waals surface area contributed by atoms with E-state index in [2.05, 4.69) is 15.1 Å². The molecule has 9 nitrogen and oxygen atoms in total. The van der Waals surface area contributed by atoms with E-state index in [1.54, 1.807) is 12.1 Å². The maximum atomic E-state index is 11.4. The molecule has 0 radical (unpaired) electrons. The van der Waals surface area contributed by atoms with Gasteiger partial charge >= 0.3 is 24.8 Å². The van der Waals surface area contributed by atoms with Gasteiger partial charge in [-0.15, -0.1) is 0 Å². The average molecular weight is 347 g/mol. The average Bonchev–Trinajstić information content (AvgIpc) is 3.07. The Morgan fingerprint density at radius 1 is 1.19 bits per heavy atom. The number of hydrogen-bond acceptors (Lipinski definition) is 6. The van der Waals surface area contributed by atoms with Gasteiger partial charge in [-0.3, -0.25) is 9.78 Å². The summed E-state index contributed by atoms with van der Waals surface area (Å²) >= 11 is 0. The number of carbonyl (C=O) groups is 2. The van der Waals surface area contributed by atoms with E-state index >= 15 is 0 Å². The van der Waals surface area contributed by atoms with Crippen LogP contribution in [0.5, 0.6) is 5.88 Å². The number of pyridine rings is 2. The van der Waals surface area contributed by atoms with Crippen LogP contribution in [0.15, 0.2) is 42.7 Å². The molecule has 3 aromatic rings. The number of aromatic nitrogens is 4. The zero-order chi connectivity index (χ0) is 18.0. The number of carbonyl (C=O) groups excluding carboxylic acids is 1. The number of aromatic carboxylic acids is 1. The summed E-state index contributed by atoms with van der Waals surface area (Å²) in [5.41, 5.74) is 6.62. The number of nitrogens with two attached hydrogens (primary N) is 1. The van der Waals surface area contributed by atoms with Crippen molar-refractivity contribution in [3.8, 4) is 23.0 Å². The molecule has 10 heteroatoms. The Hall–Kier alpha value is -3.15. The number of nitrogens with zero attached hydrogens (tertiary/aromatic N) is 4. The van der Waals surface area contributed by atoms with Gasteiger partial charge in [0.1, 0.15) is 0 Å². The van der Waals surface area contributed by atoms with Crippen LogP contribution in [0.1, 0.15) is 20.8 Å². The molecule has 3 aromatic heterocycles. The Kier molecular flexibility index (Phi) is 5.77. The van der Waals surface area contributed by atoms with Crippen LogP contribution < -0.4 is 10.5 Å². The molecule has 0 aliphatic rings. The zero-order valence-corrected chi connectivity index (χ0v) is 13.1. The number of carboxylic acid groups (broad SMARTS) is 1. The SMILES string of the molecule is COc1ccc(-n2nc(C(=O)O)cc2-c2cc(C(N)=O)ccn2)cn1.[LiH]. The zero-order valence-electron chi connectivity index (χ0n) is 13.1. The van der Waals surface area contributed by atoms with Crippen molar-refractivity contribution in [1.29, 1.82) is 0 Å². The van der Waals surface area contributed by atoms with Crippen molar-refractivity contribution in [3.63, 3.8) is 0 Å². The molecule has 3 rings (SSSR count). The van der Waals surface area contributed by atoms with Gasteiger partial charge in [-0.2, -0.15) is 5.10 Å². The van der Waals surface area contributed by atoms with Crippen LogP contribution in [-0.2, 0) is 0 Å². The van der Waals surface area contributed by atoms with Crippen LogP contribution >= 0.6 is 0 Å². The minimum atomic E-state index is -1.19. The standard InChI is InChI=1S/C16H13N5O4.Li.H/c1-25-14-3-2-10(8-19-14)21-13(7-12(20-21)16(23)24)11-6-9(15(17)22)4-5-18-11;;/h2-8H,1H3,(H2,17,22)(H,23,24);;. The van der Waals surface area contributed by atoms with Crippen LogP contribution in [0.3, 0.4) is 0 Å². The predicted molar refractivity (Wildman–Crippen MR) is 93.8 cm³/mol. The summed E-state index contributed by atoms with van der Waals surface area (Å²) in [6, 6.07) is 7.60. The number of amides is 1. The van der Waals surface area contributed by atoms with Crippen molar-refractivity contribution in [2.75, 3.05) is 7.11 Å². The molecule has 0 aliphatic carbocycles. The molecule has 0 aromatic carbocycles. The number of carboxylic acids is 1. The summed E-state index contributed by atoms with van der Waals surface area (Å²) in [5.74, 6) is -1.39. The molecule has 26 heavy (non-hydrogen) atoms. The Morgan fingerprint density at radius 2 is 1.96 bits per heavy atom. The van der Waals surface area contributed by atoms with Crippen molar-refractivity contribution in [2.24, 2.45) is 5.73 Å². The van der Waals surface area contributed by atoms with Gasteiger partial charge in [0.25, 0.3) is 0 Å². The van der Waals surface area contributed by atoms with E-state index in [1.807, 2.05) is 0 Å². The fourth-order valence-electron chi connectivity index (χ4n) is 2.21. The van der Waals surface area contributed by atoms with Gasteiger partial charge in [-0.05, 0) is 18.2 Å². The van der Waals surface area contributed by atoms with Gasteiger partial charge in [0.05, 0.1) is 30.4 Å². The van der Waals surface area contributed by atoms with Crippen molar-refractivity contribution in [1.82, 2.24) is 19.7 Å². The normalized spacial score (nSPS) is 10.0. The Bertz CT molecular complexity index is 956. The first-order valence-corrected chi connectivity index (χ1v) is 7.09. The first-order chi connectivity index (χ1) is 12.0. The van der Waals surface area contributed by atoms with E-state index < -0.39 is 11.9 Å². The molecule has 3 heterocycles. The maximum absolute atomic E-state index is 11.4. The van der Waals surface area contributed by atoms with Crippen molar-refractivity contribution in [2.45, 2.75) is 0 Å². The second kappa shape index (κ2) is 7.82. The van der Waals surface area contributed by atoms with Crippen LogP contribution in [0.4, 0.5) is 0 Å². The van der Waals surface area contributed by atoms with E-state index in [-0.39, 0.29) is 30.1 Å².